The minimum Gasteiger partial charge on any atom is -0.478 e. The van der Waals surface area contributed by atoms with Gasteiger partial charge in [-0.05, 0) is 12.8 Å². The molecule has 0 aromatic heterocycles. The summed E-state index contributed by atoms with van der Waals surface area (Å²) in [7, 11) is 0. The normalized spacial score (nSPS) is 10.7. The number of amides is 3. The third kappa shape index (κ3) is 7.23. The van der Waals surface area contributed by atoms with Gasteiger partial charge in [0.25, 0.3) is 5.91 Å². The Labute approximate surface area is 113 Å². The van der Waals surface area contributed by atoms with Gasteiger partial charge in [0.2, 0.25) is 0 Å². The van der Waals surface area contributed by atoms with E-state index in [1.807, 2.05) is 6.92 Å². The molecule has 0 bridgehead atoms. The third-order valence-corrected chi connectivity index (χ3v) is 2.91. The first kappa shape index (κ1) is 17.2. The number of hydrogen-bond donors (Lipinski definition) is 2. The van der Waals surface area contributed by atoms with Crippen molar-refractivity contribution in [2.24, 2.45) is 5.92 Å². The number of nitrogens with one attached hydrogen (secondary N) is 1. The summed E-state index contributed by atoms with van der Waals surface area (Å²) in [6.45, 7) is 7.03. The van der Waals surface area contributed by atoms with Crippen molar-refractivity contribution in [2.45, 2.75) is 33.6 Å². The molecule has 0 aliphatic rings. The number of rotatable bonds is 7. The highest BCUT2D eigenvalue weighted by Gasteiger charge is 2.16. The van der Waals surface area contributed by atoms with E-state index >= 15 is 0 Å². The van der Waals surface area contributed by atoms with E-state index in [2.05, 4.69) is 19.2 Å². The van der Waals surface area contributed by atoms with Gasteiger partial charge in [-0.1, -0.05) is 26.7 Å². The average molecular weight is 270 g/mol. The van der Waals surface area contributed by atoms with Crippen molar-refractivity contribution >= 4 is 17.9 Å². The average Bonchev–Trinajstić information content (AvgIpc) is 2.37. The number of carbonyl (C=O) groups is 3. The van der Waals surface area contributed by atoms with Gasteiger partial charge in [0, 0.05) is 25.2 Å². The number of urea groups is 1. The fourth-order valence-electron chi connectivity index (χ4n) is 1.59. The molecule has 108 valence electrons. The Morgan fingerprint density at radius 1 is 1.16 bits per heavy atom. The Morgan fingerprint density at radius 3 is 2.16 bits per heavy atom. The molecule has 0 aliphatic heterocycles. The fraction of sp³-hybridized carbons (Fsp3) is 0.615. The Hall–Kier alpha value is -1.85. The summed E-state index contributed by atoms with van der Waals surface area (Å²) in [4.78, 5) is 34.9. The maximum atomic E-state index is 11.8. The molecular weight excluding hydrogens is 248 g/mol. The van der Waals surface area contributed by atoms with Crippen LogP contribution >= 0.6 is 0 Å². The monoisotopic (exact) mass is 270 g/mol. The summed E-state index contributed by atoms with van der Waals surface area (Å²) in [5.74, 6) is -1.56. The molecule has 0 aliphatic carbocycles. The van der Waals surface area contributed by atoms with Gasteiger partial charge in [-0.15, -0.1) is 0 Å². The number of imide groups is 1. The van der Waals surface area contributed by atoms with Gasteiger partial charge in [-0.25, -0.2) is 9.59 Å². The van der Waals surface area contributed by atoms with Gasteiger partial charge in [-0.2, -0.15) is 0 Å². The lowest BCUT2D eigenvalue weighted by Gasteiger charge is -2.25. The Kier molecular flexibility index (Phi) is 8.24. The molecule has 0 atom stereocenters. The number of carboxylic acid groups (broad SMARTS) is 1. The summed E-state index contributed by atoms with van der Waals surface area (Å²) in [5.41, 5.74) is 0. The van der Waals surface area contributed by atoms with Crippen LogP contribution < -0.4 is 5.32 Å². The smallest absolute Gasteiger partial charge is 0.328 e. The molecule has 0 aromatic rings. The maximum Gasteiger partial charge on any atom is 0.328 e. The third-order valence-electron chi connectivity index (χ3n) is 2.91. The number of carboxylic acids is 1. The van der Waals surface area contributed by atoms with Crippen LogP contribution in [-0.2, 0) is 9.59 Å². The zero-order valence-electron chi connectivity index (χ0n) is 11.7. The first-order valence-electron chi connectivity index (χ1n) is 6.45. The molecule has 6 heteroatoms. The molecule has 3 amide bonds. The number of aliphatic carboxylic acids is 1. The molecule has 0 saturated heterocycles. The lowest BCUT2D eigenvalue weighted by molar-refractivity contribution is -0.131. The van der Waals surface area contributed by atoms with Crippen LogP contribution in [0.5, 0.6) is 0 Å². The first-order valence-corrected chi connectivity index (χ1v) is 6.45. The summed E-state index contributed by atoms with van der Waals surface area (Å²) < 4.78 is 0. The topological polar surface area (TPSA) is 86.7 Å². The van der Waals surface area contributed by atoms with Crippen LogP contribution in [0.25, 0.3) is 0 Å². The van der Waals surface area contributed by atoms with Crippen LogP contribution in [0, 0.1) is 5.92 Å². The molecule has 0 radical (unpaired) electrons. The first-order chi connectivity index (χ1) is 8.94. The largest absolute Gasteiger partial charge is 0.478 e. The molecule has 0 rings (SSSR count). The fourth-order valence-corrected chi connectivity index (χ4v) is 1.59. The molecule has 0 fully saturated rings. The zero-order valence-corrected chi connectivity index (χ0v) is 11.7. The lowest BCUT2D eigenvalue weighted by Crippen LogP contribution is -2.44. The van der Waals surface area contributed by atoms with Crippen molar-refractivity contribution in [1.82, 2.24) is 10.2 Å². The highest BCUT2D eigenvalue weighted by molar-refractivity contribution is 6.02. The second kappa shape index (κ2) is 9.13. The van der Waals surface area contributed by atoms with Crippen LogP contribution in [0.4, 0.5) is 4.79 Å². The zero-order chi connectivity index (χ0) is 14.8. The molecule has 0 aromatic carbocycles. The Bertz CT molecular complexity index is 349. The molecular formula is C13H22N2O4. The predicted molar refractivity (Wildman–Crippen MR) is 71.6 cm³/mol. The summed E-state index contributed by atoms with van der Waals surface area (Å²) in [5, 5.41) is 10.5. The van der Waals surface area contributed by atoms with E-state index in [9.17, 15) is 14.4 Å². The van der Waals surface area contributed by atoms with Crippen molar-refractivity contribution in [3.05, 3.63) is 12.2 Å². The minimum absolute atomic E-state index is 0.398. The summed E-state index contributed by atoms with van der Waals surface area (Å²) in [6.07, 6.45) is 3.45. The van der Waals surface area contributed by atoms with Gasteiger partial charge in [0.05, 0.1) is 0 Å². The van der Waals surface area contributed by atoms with E-state index in [1.165, 1.54) is 0 Å². The Morgan fingerprint density at radius 2 is 1.74 bits per heavy atom. The van der Waals surface area contributed by atoms with Gasteiger partial charge >= 0.3 is 12.0 Å². The van der Waals surface area contributed by atoms with Crippen LogP contribution in [-0.4, -0.2) is 41.0 Å². The van der Waals surface area contributed by atoms with E-state index in [1.54, 1.807) is 4.90 Å². The van der Waals surface area contributed by atoms with Gasteiger partial charge in [0.1, 0.15) is 0 Å². The van der Waals surface area contributed by atoms with Crippen molar-refractivity contribution < 1.29 is 19.5 Å². The van der Waals surface area contributed by atoms with Gasteiger partial charge < -0.3 is 10.0 Å². The van der Waals surface area contributed by atoms with E-state index < -0.39 is 17.9 Å². The summed E-state index contributed by atoms with van der Waals surface area (Å²) >= 11 is 0. The summed E-state index contributed by atoms with van der Waals surface area (Å²) in [6, 6.07) is -0.491. The second-order valence-electron chi connectivity index (χ2n) is 4.19. The molecule has 0 heterocycles. The van der Waals surface area contributed by atoms with Crippen molar-refractivity contribution in [1.29, 1.82) is 0 Å². The van der Waals surface area contributed by atoms with Gasteiger partial charge in [0.15, 0.2) is 0 Å². The molecule has 0 saturated carbocycles. The number of hydrogen-bond acceptors (Lipinski definition) is 3. The SMILES string of the molecule is CCC(CC)CN(CC)C(=O)NC(=O)C=CC(=O)O. The van der Waals surface area contributed by atoms with E-state index in [0.717, 1.165) is 18.9 Å². The Balaban J connectivity index is 4.43. The van der Waals surface area contributed by atoms with Crippen molar-refractivity contribution in [2.75, 3.05) is 13.1 Å². The molecule has 0 spiro atoms. The van der Waals surface area contributed by atoms with Crippen LogP contribution in [0.3, 0.4) is 0 Å². The van der Waals surface area contributed by atoms with E-state index in [0.29, 0.717) is 25.1 Å². The van der Waals surface area contributed by atoms with E-state index in [-0.39, 0.29) is 0 Å². The number of carbonyl (C=O) groups excluding carboxylic acids is 2. The van der Waals surface area contributed by atoms with Gasteiger partial charge in [-0.3, -0.25) is 10.1 Å². The van der Waals surface area contributed by atoms with Crippen LogP contribution in [0.15, 0.2) is 12.2 Å². The minimum atomic E-state index is -1.23. The van der Waals surface area contributed by atoms with Crippen LogP contribution in [0.1, 0.15) is 33.6 Å². The molecule has 19 heavy (non-hydrogen) atoms. The molecule has 0 unspecified atom stereocenters. The van der Waals surface area contributed by atoms with Crippen molar-refractivity contribution in [3.8, 4) is 0 Å². The predicted octanol–water partition coefficient (Wildman–Crippen LogP) is 1.62. The highest BCUT2D eigenvalue weighted by Crippen LogP contribution is 2.09. The maximum absolute atomic E-state index is 11.8. The lowest BCUT2D eigenvalue weighted by atomic mass is 10.0. The van der Waals surface area contributed by atoms with Crippen molar-refractivity contribution in [3.63, 3.8) is 0 Å². The standard InChI is InChI=1S/C13H22N2O4/c1-4-10(5-2)9-15(6-3)13(19)14-11(16)7-8-12(17)18/h7-8,10H,4-6,9H2,1-3H3,(H,17,18)(H,14,16,19). The van der Waals surface area contributed by atoms with E-state index in [4.69, 9.17) is 5.11 Å². The molecule has 2 N–H and O–H groups in total. The quantitative estimate of drug-likeness (QED) is 0.688. The highest BCUT2D eigenvalue weighted by atomic mass is 16.4. The number of nitrogens with zero attached hydrogens (tertiary/aromatic N) is 1. The molecule has 6 nitrogen and oxygen atoms in total. The second-order valence-corrected chi connectivity index (χ2v) is 4.19. The van der Waals surface area contributed by atoms with Crippen LogP contribution in [0.2, 0.25) is 0 Å².